The molecule has 9 aromatic rings. The van der Waals surface area contributed by atoms with Gasteiger partial charge in [-0.2, -0.15) is 15.3 Å². The first-order valence-corrected chi connectivity index (χ1v) is 32.5. The van der Waals surface area contributed by atoms with E-state index in [9.17, 15) is 122 Å². The number of aromatic nitrogens is 6. The Labute approximate surface area is 688 Å². The van der Waals surface area contributed by atoms with Gasteiger partial charge in [-0.1, -0.05) is 0 Å². The summed E-state index contributed by atoms with van der Waals surface area (Å²) in [6, 6.07) is 24.9. The Kier molecular flexibility index (Phi) is 34.8. The molecule has 0 spiro atoms. The van der Waals surface area contributed by atoms with Crippen LogP contribution in [0.5, 0.6) is 0 Å². The second-order valence-corrected chi connectivity index (χ2v) is 25.9. The molecule has 0 aliphatic carbocycles. The number of H-pyrrole nitrogens is 3. The molecule has 0 aliphatic heterocycles. The van der Waals surface area contributed by atoms with Gasteiger partial charge in [0.15, 0.2) is 34.1 Å². The van der Waals surface area contributed by atoms with Crippen LogP contribution in [0.4, 0.5) is 34.1 Å². The third-order valence-electron chi connectivity index (χ3n) is 11.6. The van der Waals surface area contributed by atoms with Crippen LogP contribution in [-0.2, 0) is 60.7 Å². The van der Waals surface area contributed by atoms with Crippen molar-refractivity contribution in [2.45, 2.75) is 29.4 Å². The summed E-state index contributed by atoms with van der Waals surface area (Å²) in [5, 5.41) is 56.6. The molecule has 0 saturated heterocycles. The van der Waals surface area contributed by atoms with Crippen LogP contribution in [0.2, 0.25) is 0 Å². The Bertz CT molecular complexity index is 4930. The van der Waals surface area contributed by atoms with Gasteiger partial charge in [0.25, 0.3) is 16.7 Å². The third kappa shape index (κ3) is 24.3. The maximum atomic E-state index is 12.6. The van der Waals surface area contributed by atoms with Crippen LogP contribution < -0.4 is 194 Å². The number of carbonyl (C=O) groups is 3. The number of carboxylic acids is 3. The fourth-order valence-electron chi connectivity index (χ4n) is 7.20. The molecule has 0 atom stereocenters. The first-order chi connectivity index (χ1) is 43.1. The van der Waals surface area contributed by atoms with Gasteiger partial charge in [0.1, 0.15) is 60.7 Å². The van der Waals surface area contributed by atoms with E-state index in [0.717, 1.165) is 160 Å². The van der Waals surface area contributed by atoms with E-state index < -0.39 is 159 Å². The predicted molar refractivity (Wildman–Crippen MR) is 300 cm³/mol. The average molecular weight is 1540 g/mol. The number of nitrogens with one attached hydrogen (secondary N) is 3. The number of aromatic amines is 3. The van der Waals surface area contributed by atoms with Crippen LogP contribution in [0.1, 0.15) is 31.5 Å². The van der Waals surface area contributed by atoms with E-state index in [1.807, 2.05) is 0 Å². The van der Waals surface area contributed by atoms with E-state index in [-0.39, 0.29) is 211 Å². The summed E-state index contributed by atoms with van der Waals surface area (Å²) in [6.45, 7) is 0. The monoisotopic (exact) mass is 1540 g/mol. The Balaban J connectivity index is 0.000000721. The first-order valence-electron chi connectivity index (χ1n) is 24.0. The molecule has 0 amide bonds. The molecule has 0 saturated carbocycles. The SMILES string of the molecule is O=C(O)c1[nH]n(-c2ccc(S(=O)(=O)[O-])cc2)c(=O)c1N=Nc1ccc(S(=O)(=O)[O-])cc1.O=C(O)c1[nH]n(-c2ccc(S(=O)(=O)[O-])cc2)c(=O)c1N=Nc1ccc(S(=O)(=O)[O-])cc1.O=C(O)c1[nH]n(-c2ccc(S(=O)(=O)[O-])cc2)c(=O)c1N=Nc1ccc(S(=O)(=O)[O-])cc1.[Na+].[Na+].[Na+].[Na+].[Na+].[Na+]. The van der Waals surface area contributed by atoms with Crippen LogP contribution in [0.15, 0.2) is 220 Å². The van der Waals surface area contributed by atoms with Crippen molar-refractivity contribution in [3.8, 4) is 17.1 Å². The van der Waals surface area contributed by atoms with Gasteiger partial charge in [0.2, 0.25) is 0 Å². The van der Waals surface area contributed by atoms with Crippen LogP contribution in [0.25, 0.3) is 17.1 Å². The standard InChI is InChI=1S/3C16H12N4O9S2.6Na/c3*21-15-13(18-17-9-1-5-11(6-2-9)30(24,25)26)14(16(22)23)19-20(15)10-3-7-12(8-4-10)31(27,28)29;;;;;;/h3*1-8,19H,(H,22,23)(H,24,25,26)(H,27,28,29);;;;;;/q;;;6*+1/p-6. The van der Waals surface area contributed by atoms with Crippen molar-refractivity contribution in [1.29, 1.82) is 0 Å². The van der Waals surface area contributed by atoms with E-state index in [0.29, 0.717) is 0 Å². The summed E-state index contributed by atoms with van der Waals surface area (Å²) < 4.78 is 200. The molecule has 0 bridgehead atoms. The molecule has 9 rings (SSSR count). The summed E-state index contributed by atoms with van der Waals surface area (Å²) in [4.78, 5) is 69.0. The predicted octanol–water partition coefficient (Wildman–Crippen LogP) is -14.7. The maximum absolute atomic E-state index is 12.6. The second kappa shape index (κ2) is 37.5. The van der Waals surface area contributed by atoms with Crippen LogP contribution in [-0.4, -0.2) is 140 Å². The zero-order chi connectivity index (χ0) is 68.9. The van der Waals surface area contributed by atoms with Crippen molar-refractivity contribution < 1.29 is 285 Å². The fourth-order valence-corrected chi connectivity index (χ4v) is 10.0. The molecular weight excluding hydrogens is 1510 g/mol. The smallest absolute Gasteiger partial charge is 0.744 e. The van der Waals surface area contributed by atoms with Crippen molar-refractivity contribution in [3.05, 3.63) is 194 Å². The zero-order valence-corrected chi connectivity index (χ0v) is 67.9. The molecule has 99 heavy (non-hydrogen) atoms. The van der Waals surface area contributed by atoms with Gasteiger partial charge in [-0.05, 0) is 146 Å². The summed E-state index contributed by atoms with van der Waals surface area (Å²) in [5.41, 5.74) is -6.40. The van der Waals surface area contributed by atoms with E-state index in [1.54, 1.807) is 0 Å². The number of hydrogen-bond acceptors (Lipinski definition) is 30. The van der Waals surface area contributed by atoms with Crippen molar-refractivity contribution >= 4 is 113 Å². The molecule has 0 unspecified atom stereocenters. The van der Waals surface area contributed by atoms with Gasteiger partial charge >= 0.3 is 195 Å². The normalized spacial score (nSPS) is 11.6. The van der Waals surface area contributed by atoms with Crippen molar-refractivity contribution in [2.24, 2.45) is 30.7 Å². The minimum absolute atomic E-state index is 0. The quantitative estimate of drug-likeness (QED) is 0.0264. The summed E-state index contributed by atoms with van der Waals surface area (Å²) in [7, 11) is -28.1. The molecular formula is C48H30N12Na6O27S6. The van der Waals surface area contributed by atoms with Crippen LogP contribution >= 0.6 is 0 Å². The molecule has 486 valence electrons. The number of azo groups is 3. The molecule has 3 aromatic heterocycles. The van der Waals surface area contributed by atoms with Gasteiger partial charge in [0.05, 0.1) is 63.5 Å². The molecule has 0 fully saturated rings. The van der Waals surface area contributed by atoms with Crippen molar-refractivity contribution in [1.82, 2.24) is 29.3 Å². The Morgan fingerprint density at radius 1 is 0.283 bits per heavy atom. The van der Waals surface area contributed by atoms with Crippen molar-refractivity contribution in [2.75, 3.05) is 0 Å². The number of aromatic carboxylic acids is 3. The van der Waals surface area contributed by atoms with Gasteiger partial charge in [0, 0.05) is 0 Å². The van der Waals surface area contributed by atoms with Crippen LogP contribution in [0, 0.1) is 0 Å². The fraction of sp³-hybridized carbons (Fsp3) is 0. The minimum Gasteiger partial charge on any atom is -0.744 e. The second-order valence-electron chi connectivity index (χ2n) is 17.6. The molecule has 39 nitrogen and oxygen atoms in total. The largest absolute Gasteiger partial charge is 1.00 e. The molecule has 6 aromatic carbocycles. The third-order valence-corrected chi connectivity index (χ3v) is 16.7. The number of carboxylic acid groups (broad SMARTS) is 3. The van der Waals surface area contributed by atoms with Crippen LogP contribution in [0.3, 0.4) is 0 Å². The topological polar surface area (TPSA) is 643 Å². The summed E-state index contributed by atoms with van der Waals surface area (Å²) in [6.07, 6.45) is 0. The minimum atomic E-state index is -4.71. The van der Waals surface area contributed by atoms with E-state index in [1.165, 1.54) is 0 Å². The van der Waals surface area contributed by atoms with Gasteiger partial charge < -0.3 is 42.6 Å². The Morgan fingerprint density at radius 3 is 0.576 bits per heavy atom. The van der Waals surface area contributed by atoms with Gasteiger partial charge in [-0.15, -0.1) is 15.3 Å². The summed E-state index contributed by atoms with van der Waals surface area (Å²) >= 11 is 0. The van der Waals surface area contributed by atoms with Gasteiger partial charge in [-0.3, -0.25) is 29.7 Å². The Morgan fingerprint density at radius 2 is 0.434 bits per heavy atom. The number of benzene rings is 6. The zero-order valence-electron chi connectivity index (χ0n) is 51.0. The summed E-state index contributed by atoms with van der Waals surface area (Å²) in [5.74, 6) is -4.64. The number of hydrogen-bond donors (Lipinski definition) is 6. The van der Waals surface area contributed by atoms with E-state index in [2.05, 4.69) is 46.0 Å². The van der Waals surface area contributed by atoms with Crippen molar-refractivity contribution in [3.63, 3.8) is 0 Å². The van der Waals surface area contributed by atoms with E-state index >= 15 is 0 Å². The van der Waals surface area contributed by atoms with E-state index in [4.69, 9.17) is 0 Å². The number of nitrogens with zero attached hydrogens (tertiary/aromatic N) is 9. The van der Waals surface area contributed by atoms with Gasteiger partial charge in [-0.25, -0.2) is 78.9 Å². The maximum Gasteiger partial charge on any atom is 1.00 e. The first kappa shape index (κ1) is 92.0. The molecule has 51 heteroatoms. The number of rotatable bonds is 18. The molecule has 0 aliphatic rings. The molecule has 3 heterocycles. The molecule has 6 N–H and O–H groups in total. The average Bonchev–Trinajstić information content (AvgIpc) is 1.65. The molecule has 0 radical (unpaired) electrons. The Hall–Kier alpha value is -4.98.